The van der Waals surface area contributed by atoms with E-state index in [1.54, 1.807) is 32.9 Å². The molecule has 0 amide bonds. The van der Waals surface area contributed by atoms with Crippen LogP contribution in [0.2, 0.25) is 0 Å². The van der Waals surface area contributed by atoms with Gasteiger partial charge in [0, 0.05) is 5.69 Å². The summed E-state index contributed by atoms with van der Waals surface area (Å²) in [4.78, 5) is 0.0580. The van der Waals surface area contributed by atoms with Crippen LogP contribution in [0.5, 0.6) is 0 Å². The standard InChI is InChI=1S/C15H17FN2O2S/c1-9-5-4-6-13(16)15(9)18-21(19,20)14-8-12(17)7-10(2)11(14)3/h4-8,18H,17H2,1-3H3. The van der Waals surface area contributed by atoms with Crippen LogP contribution in [0.3, 0.4) is 0 Å². The number of anilines is 2. The maximum atomic E-state index is 13.8. The molecule has 0 bridgehead atoms. The molecule has 112 valence electrons. The third-order valence-electron chi connectivity index (χ3n) is 3.39. The minimum Gasteiger partial charge on any atom is -0.399 e. The second-order valence-corrected chi connectivity index (χ2v) is 6.65. The fourth-order valence-electron chi connectivity index (χ4n) is 2.08. The molecule has 0 heterocycles. The van der Waals surface area contributed by atoms with Gasteiger partial charge in [-0.3, -0.25) is 4.72 Å². The number of benzene rings is 2. The van der Waals surface area contributed by atoms with Gasteiger partial charge in [-0.1, -0.05) is 12.1 Å². The Morgan fingerprint density at radius 3 is 2.38 bits per heavy atom. The van der Waals surface area contributed by atoms with E-state index in [1.165, 1.54) is 18.2 Å². The van der Waals surface area contributed by atoms with Gasteiger partial charge in [-0.15, -0.1) is 0 Å². The Bertz CT molecular complexity index is 781. The van der Waals surface area contributed by atoms with E-state index in [2.05, 4.69) is 4.72 Å². The molecule has 0 aromatic heterocycles. The van der Waals surface area contributed by atoms with Crippen molar-refractivity contribution in [3.63, 3.8) is 0 Å². The van der Waals surface area contributed by atoms with Crippen LogP contribution < -0.4 is 10.5 Å². The molecule has 0 fully saturated rings. The van der Waals surface area contributed by atoms with Crippen LogP contribution in [0.25, 0.3) is 0 Å². The molecule has 0 unspecified atom stereocenters. The van der Waals surface area contributed by atoms with E-state index in [1.807, 2.05) is 0 Å². The molecule has 21 heavy (non-hydrogen) atoms. The third kappa shape index (κ3) is 3.00. The molecule has 2 aromatic rings. The Kier molecular flexibility index (Phi) is 3.91. The summed E-state index contributed by atoms with van der Waals surface area (Å²) in [5, 5.41) is 0. The van der Waals surface area contributed by atoms with Gasteiger partial charge in [0.2, 0.25) is 0 Å². The maximum absolute atomic E-state index is 13.8. The van der Waals surface area contributed by atoms with Crippen molar-refractivity contribution < 1.29 is 12.8 Å². The SMILES string of the molecule is Cc1cc(N)cc(S(=O)(=O)Nc2c(C)cccc2F)c1C. The smallest absolute Gasteiger partial charge is 0.262 e. The van der Waals surface area contributed by atoms with Gasteiger partial charge in [0.05, 0.1) is 10.6 Å². The molecular weight excluding hydrogens is 291 g/mol. The molecule has 2 aromatic carbocycles. The lowest BCUT2D eigenvalue weighted by Crippen LogP contribution is -2.17. The van der Waals surface area contributed by atoms with Crippen LogP contribution in [0, 0.1) is 26.6 Å². The summed E-state index contributed by atoms with van der Waals surface area (Å²) in [5.41, 5.74) is 7.88. The lowest BCUT2D eigenvalue weighted by Gasteiger charge is -2.14. The van der Waals surface area contributed by atoms with Gasteiger partial charge in [-0.25, -0.2) is 12.8 Å². The minimum absolute atomic E-state index is 0.0445. The van der Waals surface area contributed by atoms with E-state index < -0.39 is 15.8 Å². The summed E-state index contributed by atoms with van der Waals surface area (Å²) in [6, 6.07) is 7.45. The van der Waals surface area contributed by atoms with Gasteiger partial charge in [-0.2, -0.15) is 0 Å². The number of para-hydroxylation sites is 1. The van der Waals surface area contributed by atoms with Crippen molar-refractivity contribution in [2.24, 2.45) is 0 Å². The Hall–Kier alpha value is -2.08. The van der Waals surface area contributed by atoms with Crippen molar-refractivity contribution in [2.45, 2.75) is 25.7 Å². The quantitative estimate of drug-likeness (QED) is 0.856. The molecule has 0 spiro atoms. The molecule has 3 N–H and O–H groups in total. The number of hydrogen-bond donors (Lipinski definition) is 2. The van der Waals surface area contributed by atoms with E-state index >= 15 is 0 Å². The predicted molar refractivity (Wildman–Crippen MR) is 82.3 cm³/mol. The summed E-state index contributed by atoms with van der Waals surface area (Å²) in [6.07, 6.45) is 0. The van der Waals surface area contributed by atoms with Gasteiger partial charge in [0.1, 0.15) is 5.82 Å². The average molecular weight is 308 g/mol. The van der Waals surface area contributed by atoms with Gasteiger partial charge in [0.15, 0.2) is 0 Å². The van der Waals surface area contributed by atoms with Crippen molar-refractivity contribution in [3.8, 4) is 0 Å². The third-order valence-corrected chi connectivity index (χ3v) is 4.87. The summed E-state index contributed by atoms with van der Waals surface area (Å²) in [7, 11) is -3.90. The average Bonchev–Trinajstić information content (AvgIpc) is 2.38. The monoisotopic (exact) mass is 308 g/mol. The zero-order chi connectivity index (χ0) is 15.8. The van der Waals surface area contributed by atoms with Crippen LogP contribution in [0.1, 0.15) is 16.7 Å². The summed E-state index contributed by atoms with van der Waals surface area (Å²) in [5.74, 6) is -0.614. The van der Waals surface area contributed by atoms with Crippen LogP contribution in [0.4, 0.5) is 15.8 Å². The molecular formula is C15H17FN2O2S. The van der Waals surface area contributed by atoms with E-state index in [-0.39, 0.29) is 10.6 Å². The topological polar surface area (TPSA) is 72.2 Å². The Morgan fingerprint density at radius 2 is 1.76 bits per heavy atom. The fourth-order valence-corrected chi connectivity index (χ4v) is 3.58. The molecule has 0 atom stereocenters. The van der Waals surface area contributed by atoms with E-state index in [0.29, 0.717) is 16.8 Å². The number of rotatable bonds is 3. The van der Waals surface area contributed by atoms with Crippen LogP contribution in [0.15, 0.2) is 35.2 Å². The number of halogens is 1. The van der Waals surface area contributed by atoms with Crippen LogP contribution in [-0.2, 0) is 10.0 Å². The van der Waals surface area contributed by atoms with Crippen LogP contribution in [-0.4, -0.2) is 8.42 Å². The summed E-state index contributed by atoms with van der Waals surface area (Å²) < 4.78 is 41.1. The lowest BCUT2D eigenvalue weighted by molar-refractivity contribution is 0.597. The van der Waals surface area contributed by atoms with Crippen molar-refractivity contribution in [3.05, 3.63) is 52.8 Å². The van der Waals surface area contributed by atoms with Gasteiger partial charge in [-0.05, 0) is 55.7 Å². The van der Waals surface area contributed by atoms with Crippen molar-refractivity contribution in [1.29, 1.82) is 0 Å². The first-order chi connectivity index (χ1) is 9.72. The highest BCUT2D eigenvalue weighted by atomic mass is 32.2. The Labute approximate surface area is 123 Å². The van der Waals surface area contributed by atoms with E-state index in [4.69, 9.17) is 5.73 Å². The van der Waals surface area contributed by atoms with Gasteiger partial charge < -0.3 is 5.73 Å². The molecule has 0 aliphatic heterocycles. The van der Waals surface area contributed by atoms with Crippen molar-refractivity contribution in [2.75, 3.05) is 10.5 Å². The molecule has 4 nitrogen and oxygen atoms in total. The maximum Gasteiger partial charge on any atom is 0.262 e. The normalized spacial score (nSPS) is 11.4. The number of nitrogen functional groups attached to an aromatic ring is 1. The molecule has 0 radical (unpaired) electrons. The Morgan fingerprint density at radius 1 is 1.10 bits per heavy atom. The van der Waals surface area contributed by atoms with Gasteiger partial charge in [0.25, 0.3) is 10.0 Å². The lowest BCUT2D eigenvalue weighted by atomic mass is 10.1. The minimum atomic E-state index is -3.90. The molecule has 0 saturated heterocycles. The first kappa shape index (κ1) is 15.3. The molecule has 0 aliphatic carbocycles. The first-order valence-electron chi connectivity index (χ1n) is 6.37. The van der Waals surface area contributed by atoms with Gasteiger partial charge >= 0.3 is 0 Å². The second kappa shape index (κ2) is 5.37. The van der Waals surface area contributed by atoms with Crippen LogP contribution >= 0.6 is 0 Å². The number of nitrogens with one attached hydrogen (secondary N) is 1. The highest BCUT2D eigenvalue weighted by molar-refractivity contribution is 7.92. The van der Waals surface area contributed by atoms with Crippen molar-refractivity contribution in [1.82, 2.24) is 0 Å². The second-order valence-electron chi connectivity index (χ2n) is 5.00. The zero-order valence-electron chi connectivity index (χ0n) is 12.1. The predicted octanol–water partition coefficient (Wildman–Crippen LogP) is 3.13. The molecule has 6 heteroatoms. The van der Waals surface area contributed by atoms with Crippen molar-refractivity contribution >= 4 is 21.4 Å². The molecule has 0 saturated carbocycles. The first-order valence-corrected chi connectivity index (χ1v) is 7.85. The van der Waals surface area contributed by atoms with E-state index in [9.17, 15) is 12.8 Å². The largest absolute Gasteiger partial charge is 0.399 e. The number of sulfonamides is 1. The molecule has 0 aliphatic rings. The van der Waals surface area contributed by atoms with E-state index in [0.717, 1.165) is 5.56 Å². The number of nitrogens with two attached hydrogens (primary N) is 1. The highest BCUT2D eigenvalue weighted by Gasteiger charge is 2.21. The number of aryl methyl sites for hydroxylation is 2. The molecule has 2 rings (SSSR count). The highest BCUT2D eigenvalue weighted by Crippen LogP contribution is 2.27. The Balaban J connectivity index is 2.54. The summed E-state index contributed by atoms with van der Waals surface area (Å²) >= 11 is 0. The number of hydrogen-bond acceptors (Lipinski definition) is 3. The zero-order valence-corrected chi connectivity index (χ0v) is 12.9. The fraction of sp³-hybridized carbons (Fsp3) is 0.200. The summed E-state index contributed by atoms with van der Waals surface area (Å²) in [6.45, 7) is 5.11.